The molecule has 9 nitrogen and oxygen atoms in total. The van der Waals surface area contributed by atoms with Gasteiger partial charge < -0.3 is 16.8 Å². The number of nitrogens with one attached hydrogen (secondary N) is 1. The van der Waals surface area contributed by atoms with Crippen molar-refractivity contribution < 1.29 is 9.72 Å². The summed E-state index contributed by atoms with van der Waals surface area (Å²) in [5.41, 5.74) is 9.72. The van der Waals surface area contributed by atoms with Gasteiger partial charge in [-0.3, -0.25) is 14.9 Å². The normalized spacial score (nSPS) is 9.60. The largest absolute Gasteiger partial charge is 0.368 e. The summed E-state index contributed by atoms with van der Waals surface area (Å²) in [4.78, 5) is 27.3. The number of amides is 1. The van der Waals surface area contributed by atoms with Crippen molar-refractivity contribution >= 4 is 23.4 Å². The Morgan fingerprint density at radius 2 is 2.33 bits per heavy atom. The first-order chi connectivity index (χ1) is 7.00. The van der Waals surface area contributed by atoms with Crippen LogP contribution in [0.4, 0.5) is 17.5 Å². The molecule has 1 aromatic heterocycles. The first kappa shape index (κ1) is 10.6. The van der Waals surface area contributed by atoms with E-state index >= 15 is 0 Å². The van der Waals surface area contributed by atoms with Gasteiger partial charge in [-0.2, -0.15) is 4.98 Å². The first-order valence-electron chi connectivity index (χ1n) is 3.80. The Morgan fingerprint density at radius 1 is 1.67 bits per heavy atom. The molecule has 1 amide bonds. The van der Waals surface area contributed by atoms with Crippen molar-refractivity contribution in [3.05, 3.63) is 16.3 Å². The van der Waals surface area contributed by atoms with E-state index in [1.54, 1.807) is 0 Å². The molecule has 5 N–H and O–H groups in total. The van der Waals surface area contributed by atoms with E-state index in [2.05, 4.69) is 15.3 Å². The van der Waals surface area contributed by atoms with E-state index in [0.29, 0.717) is 0 Å². The number of nitro groups is 1. The predicted molar refractivity (Wildman–Crippen MR) is 50.8 cm³/mol. The number of hydrogen-bond donors (Lipinski definition) is 3. The van der Waals surface area contributed by atoms with E-state index in [-0.39, 0.29) is 24.0 Å². The molecule has 0 unspecified atom stereocenters. The number of rotatable bonds is 4. The van der Waals surface area contributed by atoms with Crippen LogP contribution in [0.25, 0.3) is 0 Å². The molecule has 1 heterocycles. The van der Waals surface area contributed by atoms with Crippen LogP contribution < -0.4 is 16.8 Å². The Balaban J connectivity index is 2.96. The number of primary amides is 1. The average molecular weight is 212 g/mol. The molecule has 0 saturated carbocycles. The number of nitrogens with zero attached hydrogens (tertiary/aromatic N) is 3. The summed E-state index contributed by atoms with van der Waals surface area (Å²) in [6, 6.07) is 0. The van der Waals surface area contributed by atoms with Gasteiger partial charge in [0.25, 0.3) is 0 Å². The summed E-state index contributed by atoms with van der Waals surface area (Å²) in [6.45, 7) is -0.267. The Hall–Kier alpha value is -2.45. The zero-order valence-electron chi connectivity index (χ0n) is 7.51. The lowest BCUT2D eigenvalue weighted by atomic mass is 10.4. The second-order valence-electron chi connectivity index (χ2n) is 2.54. The van der Waals surface area contributed by atoms with E-state index in [0.717, 1.165) is 6.20 Å². The lowest BCUT2D eigenvalue weighted by Crippen LogP contribution is -2.23. The topological polar surface area (TPSA) is 150 Å². The quantitative estimate of drug-likeness (QED) is 0.421. The standard InChI is InChI=1S/C6H8N6O3/c7-4(13)2-9-5-3(12(14)15)1-10-6(8)11-5/h1H,2H2,(H2,7,13)(H3,8,9,10,11). The Labute approximate surface area is 83.6 Å². The van der Waals surface area contributed by atoms with Crippen molar-refractivity contribution in [3.63, 3.8) is 0 Å². The van der Waals surface area contributed by atoms with E-state index in [9.17, 15) is 14.9 Å². The number of nitrogens with two attached hydrogens (primary N) is 2. The van der Waals surface area contributed by atoms with Crippen LogP contribution in [0.15, 0.2) is 6.20 Å². The number of nitrogen functional groups attached to an aromatic ring is 1. The van der Waals surface area contributed by atoms with Crippen molar-refractivity contribution in [2.75, 3.05) is 17.6 Å². The maximum Gasteiger partial charge on any atom is 0.329 e. The third-order valence-corrected chi connectivity index (χ3v) is 1.41. The summed E-state index contributed by atoms with van der Waals surface area (Å²) >= 11 is 0. The molecule has 0 fully saturated rings. The predicted octanol–water partition coefficient (Wildman–Crippen LogP) is -1.14. The van der Waals surface area contributed by atoms with Gasteiger partial charge in [0.05, 0.1) is 11.5 Å². The highest BCUT2D eigenvalue weighted by Crippen LogP contribution is 2.20. The van der Waals surface area contributed by atoms with E-state index in [1.165, 1.54) is 0 Å². The summed E-state index contributed by atoms with van der Waals surface area (Å²) in [5, 5.41) is 12.9. The van der Waals surface area contributed by atoms with Crippen molar-refractivity contribution in [1.82, 2.24) is 9.97 Å². The van der Waals surface area contributed by atoms with Gasteiger partial charge in [-0.25, -0.2) is 4.98 Å². The Morgan fingerprint density at radius 3 is 2.87 bits per heavy atom. The minimum Gasteiger partial charge on any atom is -0.368 e. The minimum absolute atomic E-state index is 0.132. The van der Waals surface area contributed by atoms with Crippen LogP contribution in [0.5, 0.6) is 0 Å². The van der Waals surface area contributed by atoms with Gasteiger partial charge in [0.1, 0.15) is 6.20 Å². The maximum atomic E-state index is 10.5. The first-order valence-corrected chi connectivity index (χ1v) is 3.80. The molecule has 1 rings (SSSR count). The Kier molecular flexibility index (Phi) is 2.96. The molecule has 0 bridgehead atoms. The van der Waals surface area contributed by atoms with Gasteiger partial charge in [-0.1, -0.05) is 0 Å². The molecule has 0 aromatic carbocycles. The zero-order valence-corrected chi connectivity index (χ0v) is 7.51. The van der Waals surface area contributed by atoms with Crippen LogP contribution in [-0.2, 0) is 4.79 Å². The van der Waals surface area contributed by atoms with Crippen molar-refractivity contribution in [2.24, 2.45) is 5.73 Å². The smallest absolute Gasteiger partial charge is 0.329 e. The fourth-order valence-corrected chi connectivity index (χ4v) is 0.824. The molecule has 80 valence electrons. The number of aromatic nitrogens is 2. The highest BCUT2D eigenvalue weighted by atomic mass is 16.6. The SMILES string of the molecule is NC(=O)CNc1nc(N)ncc1[N+](=O)[O-]. The van der Waals surface area contributed by atoms with Gasteiger partial charge in [-0.05, 0) is 0 Å². The number of carbonyl (C=O) groups excluding carboxylic acids is 1. The van der Waals surface area contributed by atoms with Crippen LogP contribution in [0, 0.1) is 10.1 Å². The number of hydrogen-bond acceptors (Lipinski definition) is 7. The molecule has 0 aliphatic carbocycles. The molecule has 0 aliphatic rings. The molecule has 15 heavy (non-hydrogen) atoms. The minimum atomic E-state index is -0.692. The van der Waals surface area contributed by atoms with Crippen LogP contribution in [0.2, 0.25) is 0 Å². The highest BCUT2D eigenvalue weighted by Gasteiger charge is 2.16. The summed E-state index contributed by atoms with van der Waals surface area (Å²) in [5.74, 6) is -0.930. The van der Waals surface area contributed by atoms with Gasteiger partial charge >= 0.3 is 5.69 Å². The van der Waals surface area contributed by atoms with Crippen LogP contribution in [0.3, 0.4) is 0 Å². The van der Waals surface area contributed by atoms with E-state index < -0.39 is 10.8 Å². The molecular formula is C6H8N6O3. The summed E-state index contributed by atoms with van der Waals surface area (Å²) < 4.78 is 0. The monoisotopic (exact) mass is 212 g/mol. The lowest BCUT2D eigenvalue weighted by Gasteiger charge is -2.03. The summed E-state index contributed by atoms with van der Waals surface area (Å²) in [6.07, 6.45) is 0.950. The zero-order chi connectivity index (χ0) is 11.4. The van der Waals surface area contributed by atoms with E-state index in [1.807, 2.05) is 0 Å². The fourth-order valence-electron chi connectivity index (χ4n) is 0.824. The van der Waals surface area contributed by atoms with Crippen molar-refractivity contribution in [1.29, 1.82) is 0 Å². The Bertz CT molecular complexity index is 406. The molecule has 0 radical (unpaired) electrons. The third kappa shape index (κ3) is 2.76. The molecule has 0 spiro atoms. The summed E-state index contributed by atoms with van der Waals surface area (Å²) in [7, 11) is 0. The number of carbonyl (C=O) groups is 1. The van der Waals surface area contributed by atoms with Gasteiger partial charge in [0.15, 0.2) is 0 Å². The second-order valence-corrected chi connectivity index (χ2v) is 2.54. The van der Waals surface area contributed by atoms with Gasteiger partial charge in [-0.15, -0.1) is 0 Å². The van der Waals surface area contributed by atoms with Crippen molar-refractivity contribution in [2.45, 2.75) is 0 Å². The molecule has 9 heteroatoms. The lowest BCUT2D eigenvalue weighted by molar-refractivity contribution is -0.384. The molecular weight excluding hydrogens is 204 g/mol. The number of anilines is 2. The molecule has 0 saturated heterocycles. The van der Waals surface area contributed by atoms with Crippen molar-refractivity contribution in [3.8, 4) is 0 Å². The fraction of sp³-hybridized carbons (Fsp3) is 0.167. The molecule has 0 aliphatic heterocycles. The maximum absolute atomic E-state index is 10.5. The molecule has 1 aromatic rings. The van der Waals surface area contributed by atoms with E-state index in [4.69, 9.17) is 11.5 Å². The third-order valence-electron chi connectivity index (χ3n) is 1.41. The van der Waals surface area contributed by atoms with Gasteiger partial charge in [0.2, 0.25) is 17.7 Å². The highest BCUT2D eigenvalue weighted by molar-refractivity contribution is 5.79. The van der Waals surface area contributed by atoms with Gasteiger partial charge in [0, 0.05) is 0 Å². The van der Waals surface area contributed by atoms with Crippen LogP contribution in [-0.4, -0.2) is 27.3 Å². The second kappa shape index (κ2) is 4.17. The van der Waals surface area contributed by atoms with Crippen LogP contribution in [0.1, 0.15) is 0 Å². The average Bonchev–Trinajstić information content (AvgIpc) is 2.14. The molecule has 0 atom stereocenters. The van der Waals surface area contributed by atoms with Crippen LogP contribution >= 0.6 is 0 Å².